The second kappa shape index (κ2) is 7.40. The van der Waals surface area contributed by atoms with Crippen LogP contribution in [0.3, 0.4) is 0 Å². The Morgan fingerprint density at radius 2 is 2.00 bits per heavy atom. The van der Waals surface area contributed by atoms with Crippen molar-refractivity contribution in [3.63, 3.8) is 0 Å². The lowest BCUT2D eigenvalue weighted by Gasteiger charge is -2.30. The topological polar surface area (TPSA) is 84.7 Å². The lowest BCUT2D eigenvalue weighted by molar-refractivity contribution is -0.124. The van der Waals surface area contributed by atoms with Gasteiger partial charge in [-0.2, -0.15) is 0 Å². The number of ether oxygens (including phenoxy) is 1. The predicted octanol–water partition coefficient (Wildman–Crippen LogP) is 2.98. The third-order valence-corrected chi connectivity index (χ3v) is 5.13. The van der Waals surface area contributed by atoms with Crippen LogP contribution in [-0.2, 0) is 16.0 Å². The van der Waals surface area contributed by atoms with Crippen molar-refractivity contribution in [3.05, 3.63) is 53.6 Å². The summed E-state index contributed by atoms with van der Waals surface area (Å²) in [6.45, 7) is 1.27. The number of anilines is 3. The van der Waals surface area contributed by atoms with Gasteiger partial charge in [0.15, 0.2) is 0 Å². The van der Waals surface area contributed by atoms with Gasteiger partial charge in [-0.3, -0.25) is 9.59 Å². The molecule has 2 aromatic rings. The quantitative estimate of drug-likeness (QED) is 0.819. The SMILES string of the molecule is Nc1cccc2c1CCCN2C(=O)c1cccc(NC(=O)C2CCCO2)c1. The molecular formula is C21H23N3O3. The van der Waals surface area contributed by atoms with Crippen molar-refractivity contribution in [2.24, 2.45) is 0 Å². The zero-order valence-electron chi connectivity index (χ0n) is 15.1. The highest BCUT2D eigenvalue weighted by Crippen LogP contribution is 2.32. The Hall–Kier alpha value is -2.86. The van der Waals surface area contributed by atoms with E-state index < -0.39 is 6.10 Å². The Bertz CT molecular complexity index is 875. The van der Waals surface area contributed by atoms with E-state index >= 15 is 0 Å². The van der Waals surface area contributed by atoms with Gasteiger partial charge in [0, 0.05) is 35.8 Å². The normalized spacial score (nSPS) is 18.8. The Morgan fingerprint density at radius 3 is 2.81 bits per heavy atom. The molecular weight excluding hydrogens is 342 g/mol. The summed E-state index contributed by atoms with van der Waals surface area (Å²) in [5, 5.41) is 2.86. The highest BCUT2D eigenvalue weighted by atomic mass is 16.5. The van der Waals surface area contributed by atoms with Gasteiger partial charge in [0.2, 0.25) is 0 Å². The summed E-state index contributed by atoms with van der Waals surface area (Å²) in [6.07, 6.45) is 2.98. The van der Waals surface area contributed by atoms with Gasteiger partial charge in [-0.15, -0.1) is 0 Å². The van der Waals surface area contributed by atoms with Crippen molar-refractivity contribution >= 4 is 28.9 Å². The van der Waals surface area contributed by atoms with Crippen LogP contribution in [0.25, 0.3) is 0 Å². The number of hydrogen-bond donors (Lipinski definition) is 2. The minimum atomic E-state index is -0.402. The molecule has 1 unspecified atom stereocenters. The molecule has 0 saturated carbocycles. The van der Waals surface area contributed by atoms with E-state index in [9.17, 15) is 9.59 Å². The maximum Gasteiger partial charge on any atom is 0.258 e. The van der Waals surface area contributed by atoms with E-state index in [1.807, 2.05) is 18.2 Å². The van der Waals surface area contributed by atoms with Crippen LogP contribution in [-0.4, -0.2) is 31.1 Å². The Balaban J connectivity index is 1.55. The van der Waals surface area contributed by atoms with E-state index in [-0.39, 0.29) is 11.8 Å². The van der Waals surface area contributed by atoms with Crippen LogP contribution in [0.15, 0.2) is 42.5 Å². The number of rotatable bonds is 3. The molecule has 4 rings (SSSR count). The van der Waals surface area contributed by atoms with Gasteiger partial charge in [-0.25, -0.2) is 0 Å². The summed E-state index contributed by atoms with van der Waals surface area (Å²) in [7, 11) is 0. The lowest BCUT2D eigenvalue weighted by Crippen LogP contribution is -2.35. The van der Waals surface area contributed by atoms with Crippen molar-refractivity contribution in [3.8, 4) is 0 Å². The van der Waals surface area contributed by atoms with Crippen molar-refractivity contribution in [2.45, 2.75) is 31.8 Å². The summed E-state index contributed by atoms with van der Waals surface area (Å²) in [5.41, 5.74) is 9.85. The van der Waals surface area contributed by atoms with E-state index in [1.54, 1.807) is 29.2 Å². The van der Waals surface area contributed by atoms with Gasteiger partial charge in [0.25, 0.3) is 11.8 Å². The summed E-state index contributed by atoms with van der Waals surface area (Å²) in [5.74, 6) is -0.247. The third-order valence-electron chi connectivity index (χ3n) is 5.13. The first-order valence-corrected chi connectivity index (χ1v) is 9.35. The number of nitrogens with one attached hydrogen (secondary N) is 1. The van der Waals surface area contributed by atoms with Gasteiger partial charge in [0.1, 0.15) is 6.10 Å². The van der Waals surface area contributed by atoms with E-state index in [2.05, 4.69) is 5.32 Å². The molecule has 0 aliphatic carbocycles. The first-order valence-electron chi connectivity index (χ1n) is 9.35. The Kier molecular flexibility index (Phi) is 4.81. The molecule has 2 aliphatic heterocycles. The summed E-state index contributed by atoms with van der Waals surface area (Å²) in [4.78, 5) is 27.1. The predicted molar refractivity (Wildman–Crippen MR) is 105 cm³/mol. The molecule has 0 aromatic heterocycles. The fourth-order valence-electron chi connectivity index (χ4n) is 3.76. The highest BCUT2D eigenvalue weighted by molar-refractivity contribution is 6.08. The molecule has 3 N–H and O–H groups in total. The largest absolute Gasteiger partial charge is 0.398 e. The number of hydrogen-bond acceptors (Lipinski definition) is 4. The van der Waals surface area contributed by atoms with Crippen molar-refractivity contribution in [1.82, 2.24) is 0 Å². The molecule has 0 radical (unpaired) electrons. The molecule has 2 aromatic carbocycles. The zero-order valence-corrected chi connectivity index (χ0v) is 15.1. The maximum absolute atomic E-state index is 13.1. The van der Waals surface area contributed by atoms with E-state index in [1.165, 1.54) is 0 Å². The number of carbonyl (C=O) groups excluding carboxylic acids is 2. The van der Waals surface area contributed by atoms with Crippen LogP contribution in [0.1, 0.15) is 35.2 Å². The lowest BCUT2D eigenvalue weighted by atomic mass is 9.99. The zero-order chi connectivity index (χ0) is 18.8. The molecule has 0 spiro atoms. The fraction of sp³-hybridized carbons (Fsp3) is 0.333. The minimum Gasteiger partial charge on any atom is -0.398 e. The highest BCUT2D eigenvalue weighted by Gasteiger charge is 2.26. The maximum atomic E-state index is 13.1. The summed E-state index contributed by atoms with van der Waals surface area (Å²) < 4.78 is 5.41. The number of carbonyl (C=O) groups is 2. The first kappa shape index (κ1) is 17.5. The molecule has 140 valence electrons. The third kappa shape index (κ3) is 3.53. The monoisotopic (exact) mass is 365 g/mol. The molecule has 2 aliphatic rings. The van der Waals surface area contributed by atoms with Crippen LogP contribution in [0.4, 0.5) is 17.1 Å². The second-order valence-electron chi connectivity index (χ2n) is 6.98. The molecule has 2 heterocycles. The van der Waals surface area contributed by atoms with Crippen molar-refractivity contribution in [1.29, 1.82) is 0 Å². The van der Waals surface area contributed by atoms with E-state index in [0.717, 1.165) is 42.6 Å². The molecule has 27 heavy (non-hydrogen) atoms. The first-order chi connectivity index (χ1) is 13.1. The number of amides is 2. The minimum absolute atomic E-state index is 0.0882. The molecule has 1 atom stereocenters. The summed E-state index contributed by atoms with van der Waals surface area (Å²) in [6, 6.07) is 12.7. The van der Waals surface area contributed by atoms with Gasteiger partial charge in [-0.05, 0) is 61.6 Å². The van der Waals surface area contributed by atoms with Crippen LogP contribution in [0, 0.1) is 0 Å². The number of fused-ring (bicyclic) bond motifs is 1. The second-order valence-corrected chi connectivity index (χ2v) is 6.98. The molecule has 6 heteroatoms. The number of benzene rings is 2. The van der Waals surface area contributed by atoms with E-state index in [4.69, 9.17) is 10.5 Å². The molecule has 1 saturated heterocycles. The van der Waals surface area contributed by atoms with E-state index in [0.29, 0.717) is 24.4 Å². The van der Waals surface area contributed by atoms with Crippen LogP contribution in [0.2, 0.25) is 0 Å². The van der Waals surface area contributed by atoms with Gasteiger partial charge >= 0.3 is 0 Å². The van der Waals surface area contributed by atoms with Gasteiger partial charge < -0.3 is 20.7 Å². The van der Waals surface area contributed by atoms with Crippen LogP contribution < -0.4 is 16.0 Å². The fourth-order valence-corrected chi connectivity index (χ4v) is 3.76. The Morgan fingerprint density at radius 1 is 1.15 bits per heavy atom. The van der Waals surface area contributed by atoms with Crippen LogP contribution >= 0.6 is 0 Å². The molecule has 2 amide bonds. The Labute approximate surface area is 158 Å². The average Bonchev–Trinajstić information content (AvgIpc) is 3.23. The number of nitrogens with zero attached hydrogens (tertiary/aromatic N) is 1. The van der Waals surface area contributed by atoms with Crippen molar-refractivity contribution < 1.29 is 14.3 Å². The van der Waals surface area contributed by atoms with Crippen molar-refractivity contribution in [2.75, 3.05) is 29.1 Å². The molecule has 0 bridgehead atoms. The number of nitrogen functional groups attached to an aromatic ring is 1. The molecule has 1 fully saturated rings. The van der Waals surface area contributed by atoms with Gasteiger partial charge in [-0.1, -0.05) is 12.1 Å². The summed E-state index contributed by atoms with van der Waals surface area (Å²) >= 11 is 0. The van der Waals surface area contributed by atoms with Gasteiger partial charge in [0.05, 0.1) is 0 Å². The standard InChI is InChI=1S/C21H23N3O3/c22-17-8-2-9-18-16(17)7-3-11-24(18)21(26)14-5-1-6-15(13-14)23-20(25)19-10-4-12-27-19/h1-2,5-6,8-9,13,19H,3-4,7,10-12,22H2,(H,23,25). The smallest absolute Gasteiger partial charge is 0.258 e. The number of nitrogens with two attached hydrogens (primary N) is 1. The average molecular weight is 365 g/mol. The van der Waals surface area contributed by atoms with Crippen LogP contribution in [0.5, 0.6) is 0 Å². The molecule has 6 nitrogen and oxygen atoms in total.